The highest BCUT2D eigenvalue weighted by Crippen LogP contribution is 2.44. The highest BCUT2D eigenvalue weighted by molar-refractivity contribution is 7.26. The van der Waals surface area contributed by atoms with Gasteiger partial charge in [-0.25, -0.2) is 15.0 Å². The first kappa shape index (κ1) is 35.9. The van der Waals surface area contributed by atoms with Gasteiger partial charge < -0.3 is 4.57 Å². The van der Waals surface area contributed by atoms with E-state index in [1.165, 1.54) is 64.2 Å². The largest absolute Gasteiger partial charge is 0.309 e. The normalized spacial score (nSPS) is 11.5. The monoisotopic (exact) mass is 808 g/mol. The SMILES string of the molecule is c1ccc(-c2ccc(-c3cccc(-c4nc(-c5ccccc5)nc(-c5ccc6sc7cccc(-c8ccccc8-n8c9ccccc9c9ccccc98)c7c6c5)n4)c3)cc2)cc1. The van der Waals surface area contributed by atoms with Crippen LogP contribution >= 0.6 is 11.3 Å². The molecule has 62 heavy (non-hydrogen) atoms. The minimum atomic E-state index is 0.632. The summed E-state index contributed by atoms with van der Waals surface area (Å²) in [6.45, 7) is 0. The Morgan fingerprint density at radius 3 is 1.50 bits per heavy atom. The Hall–Kier alpha value is -7.99. The number of para-hydroxylation sites is 3. The highest BCUT2D eigenvalue weighted by atomic mass is 32.1. The van der Waals surface area contributed by atoms with Crippen molar-refractivity contribution in [2.75, 3.05) is 0 Å². The molecule has 0 unspecified atom stereocenters. The predicted octanol–water partition coefficient (Wildman–Crippen LogP) is 15.3. The standard InChI is InChI=1S/C57H36N4S/c1-3-15-37(16-4-1)38-29-31-39(32-30-38)41-19-13-20-42(35-41)56-58-55(40-17-5-2-6-18-40)59-57(60-56)43-33-34-52-48(36-43)54-47(24-14-28-53(54)62-52)46-23-9-12-27-51(46)61-49-25-10-7-21-44(49)45-22-8-11-26-50(45)61/h1-36H. The van der Waals surface area contributed by atoms with Crippen molar-refractivity contribution in [3.05, 3.63) is 218 Å². The van der Waals surface area contributed by atoms with Crippen LogP contribution in [0.15, 0.2) is 218 Å². The maximum absolute atomic E-state index is 5.22. The topological polar surface area (TPSA) is 43.6 Å². The zero-order valence-electron chi connectivity index (χ0n) is 33.5. The van der Waals surface area contributed by atoms with E-state index in [1.807, 2.05) is 35.6 Å². The molecule has 0 N–H and O–H groups in total. The molecule has 5 heteroatoms. The van der Waals surface area contributed by atoms with Crippen molar-refractivity contribution in [3.8, 4) is 73.2 Å². The van der Waals surface area contributed by atoms with E-state index in [2.05, 4.69) is 199 Å². The van der Waals surface area contributed by atoms with Gasteiger partial charge in [0.25, 0.3) is 0 Å². The van der Waals surface area contributed by atoms with Crippen molar-refractivity contribution >= 4 is 53.3 Å². The summed E-state index contributed by atoms with van der Waals surface area (Å²) >= 11 is 1.82. The van der Waals surface area contributed by atoms with Gasteiger partial charge in [0.15, 0.2) is 17.5 Å². The van der Waals surface area contributed by atoms with Crippen LogP contribution in [0.25, 0.3) is 115 Å². The van der Waals surface area contributed by atoms with Gasteiger partial charge in [0.1, 0.15) is 0 Å². The van der Waals surface area contributed by atoms with Crippen LogP contribution in [0.2, 0.25) is 0 Å². The summed E-state index contributed by atoms with van der Waals surface area (Å²) in [4.78, 5) is 15.5. The number of hydrogen-bond donors (Lipinski definition) is 0. The van der Waals surface area contributed by atoms with E-state index in [4.69, 9.17) is 15.0 Å². The summed E-state index contributed by atoms with van der Waals surface area (Å²) in [5.41, 5.74) is 13.3. The molecule has 12 rings (SSSR count). The van der Waals surface area contributed by atoms with E-state index in [0.29, 0.717) is 17.5 Å². The lowest BCUT2D eigenvalue weighted by atomic mass is 9.97. The fourth-order valence-electron chi connectivity index (χ4n) is 8.94. The summed E-state index contributed by atoms with van der Waals surface area (Å²) in [6, 6.07) is 77.5. The predicted molar refractivity (Wildman–Crippen MR) is 260 cm³/mol. The number of thiophene rings is 1. The Morgan fingerprint density at radius 1 is 0.306 bits per heavy atom. The zero-order chi connectivity index (χ0) is 41.0. The second kappa shape index (κ2) is 14.9. The summed E-state index contributed by atoms with van der Waals surface area (Å²) in [5, 5.41) is 4.90. The third kappa shape index (κ3) is 6.18. The van der Waals surface area contributed by atoms with Crippen LogP contribution in [-0.2, 0) is 0 Å². The molecule has 0 amide bonds. The molecule has 0 saturated heterocycles. The maximum atomic E-state index is 5.22. The van der Waals surface area contributed by atoms with Crippen LogP contribution in [0.1, 0.15) is 0 Å². The quantitative estimate of drug-likeness (QED) is 0.161. The van der Waals surface area contributed by atoms with Crippen molar-refractivity contribution < 1.29 is 0 Å². The molecule has 4 nitrogen and oxygen atoms in total. The summed E-state index contributed by atoms with van der Waals surface area (Å²) in [6.07, 6.45) is 0. The van der Waals surface area contributed by atoms with E-state index >= 15 is 0 Å². The smallest absolute Gasteiger partial charge is 0.164 e. The molecular formula is C57H36N4S. The van der Waals surface area contributed by atoms with E-state index in [1.54, 1.807) is 0 Å². The van der Waals surface area contributed by atoms with Crippen LogP contribution in [0.5, 0.6) is 0 Å². The average molecular weight is 809 g/mol. The molecular weight excluding hydrogens is 773 g/mol. The van der Waals surface area contributed by atoms with Gasteiger partial charge in [-0.05, 0) is 76.3 Å². The Bertz CT molecular complexity index is 3570. The highest BCUT2D eigenvalue weighted by Gasteiger charge is 2.20. The summed E-state index contributed by atoms with van der Waals surface area (Å²) in [7, 11) is 0. The van der Waals surface area contributed by atoms with Crippen LogP contribution in [-0.4, -0.2) is 19.5 Å². The Balaban J connectivity index is 0.999. The summed E-state index contributed by atoms with van der Waals surface area (Å²) in [5.74, 6) is 1.91. The maximum Gasteiger partial charge on any atom is 0.164 e. The zero-order valence-corrected chi connectivity index (χ0v) is 34.3. The van der Waals surface area contributed by atoms with Gasteiger partial charge in [0.2, 0.25) is 0 Å². The second-order valence-electron chi connectivity index (χ2n) is 15.6. The third-order valence-electron chi connectivity index (χ3n) is 11.9. The lowest BCUT2D eigenvalue weighted by Crippen LogP contribution is -2.00. The molecule has 12 aromatic rings. The second-order valence-corrected chi connectivity index (χ2v) is 16.7. The van der Waals surface area contributed by atoms with Crippen LogP contribution in [0.4, 0.5) is 0 Å². The van der Waals surface area contributed by atoms with Crippen LogP contribution in [0.3, 0.4) is 0 Å². The Labute approximate surface area is 362 Å². The van der Waals surface area contributed by atoms with Gasteiger partial charge in [-0.1, -0.05) is 170 Å². The molecule has 3 aromatic heterocycles. The number of hydrogen-bond acceptors (Lipinski definition) is 4. The molecule has 0 atom stereocenters. The van der Waals surface area contributed by atoms with Gasteiger partial charge in [-0.2, -0.15) is 0 Å². The summed E-state index contributed by atoms with van der Waals surface area (Å²) < 4.78 is 4.88. The fourth-order valence-corrected chi connectivity index (χ4v) is 10.1. The van der Waals surface area contributed by atoms with Crippen molar-refractivity contribution in [1.82, 2.24) is 19.5 Å². The number of fused-ring (bicyclic) bond motifs is 6. The Kier molecular flexibility index (Phi) is 8.65. The van der Waals surface area contributed by atoms with Gasteiger partial charge in [-0.15, -0.1) is 11.3 Å². The molecule has 0 aliphatic rings. The molecule has 0 spiro atoms. The van der Waals surface area contributed by atoms with Crippen molar-refractivity contribution in [1.29, 1.82) is 0 Å². The first-order valence-electron chi connectivity index (χ1n) is 20.8. The molecule has 0 aliphatic carbocycles. The molecule has 0 bridgehead atoms. The number of aromatic nitrogens is 4. The molecule has 0 radical (unpaired) electrons. The molecule has 290 valence electrons. The lowest BCUT2D eigenvalue weighted by molar-refractivity contribution is 1.07. The molecule has 3 heterocycles. The van der Waals surface area contributed by atoms with Crippen molar-refractivity contribution in [2.45, 2.75) is 0 Å². The number of rotatable bonds is 7. The molecule has 0 fully saturated rings. The van der Waals surface area contributed by atoms with Gasteiger partial charge >= 0.3 is 0 Å². The van der Waals surface area contributed by atoms with E-state index in [0.717, 1.165) is 33.5 Å². The Morgan fingerprint density at radius 2 is 0.790 bits per heavy atom. The minimum absolute atomic E-state index is 0.632. The van der Waals surface area contributed by atoms with E-state index in [9.17, 15) is 0 Å². The minimum Gasteiger partial charge on any atom is -0.309 e. The third-order valence-corrected chi connectivity index (χ3v) is 13.0. The molecule has 0 saturated carbocycles. The van der Waals surface area contributed by atoms with Crippen LogP contribution in [0, 0.1) is 0 Å². The number of nitrogens with zero attached hydrogens (tertiary/aromatic N) is 4. The van der Waals surface area contributed by atoms with Gasteiger partial charge in [0.05, 0.1) is 16.7 Å². The van der Waals surface area contributed by atoms with Gasteiger partial charge in [0, 0.05) is 53.2 Å². The first-order valence-corrected chi connectivity index (χ1v) is 21.7. The van der Waals surface area contributed by atoms with E-state index in [-0.39, 0.29) is 0 Å². The number of benzene rings is 9. The van der Waals surface area contributed by atoms with Gasteiger partial charge in [-0.3, -0.25) is 0 Å². The fraction of sp³-hybridized carbons (Fsp3) is 0. The van der Waals surface area contributed by atoms with E-state index < -0.39 is 0 Å². The van der Waals surface area contributed by atoms with Crippen molar-refractivity contribution in [2.24, 2.45) is 0 Å². The first-order chi connectivity index (χ1) is 30.7. The molecule has 0 aliphatic heterocycles. The molecule has 9 aromatic carbocycles. The lowest BCUT2D eigenvalue weighted by Gasteiger charge is -2.15. The van der Waals surface area contributed by atoms with Crippen molar-refractivity contribution in [3.63, 3.8) is 0 Å². The van der Waals surface area contributed by atoms with Crippen LogP contribution < -0.4 is 0 Å². The average Bonchev–Trinajstić information content (AvgIpc) is 3.90.